The Balaban J connectivity index is 2.17. The predicted octanol–water partition coefficient (Wildman–Crippen LogP) is 3.85. The monoisotopic (exact) mass is 260 g/mol. The summed E-state index contributed by atoms with van der Waals surface area (Å²) in [5.74, 6) is 1.51. The summed E-state index contributed by atoms with van der Waals surface area (Å²) in [6.07, 6.45) is 1.82. The normalized spacial score (nSPS) is 10.3. The van der Waals surface area contributed by atoms with Crippen LogP contribution in [0.2, 0.25) is 0 Å². The highest BCUT2D eigenvalue weighted by molar-refractivity contribution is 6.17. The Bertz CT molecular complexity index is 485. The third kappa shape index (κ3) is 3.23. The summed E-state index contributed by atoms with van der Waals surface area (Å²) >= 11 is 5.86. The van der Waals surface area contributed by atoms with E-state index >= 15 is 0 Å². The number of rotatable bonds is 5. The van der Waals surface area contributed by atoms with Crippen LogP contribution in [0.15, 0.2) is 48.7 Å². The van der Waals surface area contributed by atoms with Crippen LogP contribution in [0.3, 0.4) is 0 Å². The number of nitrogens with zero attached hydrogens (tertiary/aromatic N) is 2. The van der Waals surface area contributed by atoms with Crippen LogP contribution in [0, 0.1) is 0 Å². The van der Waals surface area contributed by atoms with Gasteiger partial charge in [-0.25, -0.2) is 4.98 Å². The van der Waals surface area contributed by atoms with E-state index in [-0.39, 0.29) is 0 Å². The van der Waals surface area contributed by atoms with E-state index in [4.69, 9.17) is 11.6 Å². The molecule has 18 heavy (non-hydrogen) atoms. The summed E-state index contributed by atoms with van der Waals surface area (Å²) in [6.45, 7) is 3.93. The molecule has 0 saturated heterocycles. The highest BCUT2D eigenvalue weighted by Gasteiger charge is 2.07. The molecule has 2 rings (SSSR count). The zero-order valence-corrected chi connectivity index (χ0v) is 11.3. The number of benzene rings is 1. The van der Waals surface area contributed by atoms with E-state index in [2.05, 4.69) is 47.1 Å². The SMILES string of the molecule is CCN(Cc1ccccc1)c1cc(CCl)ccn1. The van der Waals surface area contributed by atoms with Gasteiger partial charge < -0.3 is 4.90 Å². The molecule has 94 valence electrons. The van der Waals surface area contributed by atoms with Crippen molar-refractivity contribution in [2.45, 2.75) is 19.3 Å². The lowest BCUT2D eigenvalue weighted by Gasteiger charge is -2.22. The number of anilines is 1. The summed E-state index contributed by atoms with van der Waals surface area (Å²) < 4.78 is 0. The fourth-order valence-electron chi connectivity index (χ4n) is 1.88. The molecule has 0 fully saturated rings. The maximum atomic E-state index is 5.86. The van der Waals surface area contributed by atoms with Gasteiger partial charge in [0.1, 0.15) is 5.82 Å². The Kier molecular flexibility index (Phi) is 4.59. The molecule has 0 N–H and O–H groups in total. The highest BCUT2D eigenvalue weighted by Crippen LogP contribution is 2.16. The van der Waals surface area contributed by atoms with Gasteiger partial charge in [0.05, 0.1) is 0 Å². The molecule has 0 amide bonds. The molecule has 1 aromatic carbocycles. The number of alkyl halides is 1. The summed E-state index contributed by atoms with van der Waals surface area (Å²) in [5.41, 5.74) is 2.39. The Morgan fingerprint density at radius 3 is 2.56 bits per heavy atom. The van der Waals surface area contributed by atoms with Gasteiger partial charge in [-0.15, -0.1) is 11.6 Å². The van der Waals surface area contributed by atoms with E-state index in [1.165, 1.54) is 5.56 Å². The average Bonchev–Trinajstić information content (AvgIpc) is 2.46. The molecule has 1 aromatic heterocycles. The molecule has 2 aromatic rings. The molecular weight excluding hydrogens is 244 g/mol. The Morgan fingerprint density at radius 2 is 1.89 bits per heavy atom. The molecule has 0 bridgehead atoms. The first kappa shape index (κ1) is 12.9. The number of pyridine rings is 1. The van der Waals surface area contributed by atoms with Crippen LogP contribution in [-0.4, -0.2) is 11.5 Å². The van der Waals surface area contributed by atoms with Crippen molar-refractivity contribution in [1.29, 1.82) is 0 Å². The van der Waals surface area contributed by atoms with Crippen LogP contribution in [0.25, 0.3) is 0 Å². The largest absolute Gasteiger partial charge is 0.353 e. The summed E-state index contributed by atoms with van der Waals surface area (Å²) in [7, 11) is 0. The smallest absolute Gasteiger partial charge is 0.129 e. The van der Waals surface area contributed by atoms with E-state index in [0.29, 0.717) is 5.88 Å². The molecule has 1 heterocycles. The zero-order chi connectivity index (χ0) is 12.8. The van der Waals surface area contributed by atoms with E-state index < -0.39 is 0 Å². The van der Waals surface area contributed by atoms with Crippen molar-refractivity contribution in [2.75, 3.05) is 11.4 Å². The van der Waals surface area contributed by atoms with Gasteiger partial charge in [-0.2, -0.15) is 0 Å². The topological polar surface area (TPSA) is 16.1 Å². The molecule has 0 atom stereocenters. The lowest BCUT2D eigenvalue weighted by Crippen LogP contribution is -2.23. The minimum Gasteiger partial charge on any atom is -0.353 e. The Hall–Kier alpha value is -1.54. The third-order valence-electron chi connectivity index (χ3n) is 2.89. The standard InChI is InChI=1S/C15H17ClN2/c1-2-18(12-13-6-4-3-5-7-13)15-10-14(11-16)8-9-17-15/h3-10H,2,11-12H2,1H3. The second-order valence-electron chi connectivity index (χ2n) is 4.16. The van der Waals surface area contributed by atoms with Gasteiger partial charge in [-0.05, 0) is 30.2 Å². The van der Waals surface area contributed by atoms with Gasteiger partial charge >= 0.3 is 0 Å². The molecule has 0 radical (unpaired) electrons. The predicted molar refractivity (Wildman–Crippen MR) is 77.0 cm³/mol. The highest BCUT2D eigenvalue weighted by atomic mass is 35.5. The molecule has 0 unspecified atom stereocenters. The average molecular weight is 261 g/mol. The molecule has 0 aliphatic carbocycles. The van der Waals surface area contributed by atoms with E-state index in [1.807, 2.05) is 18.3 Å². The van der Waals surface area contributed by atoms with Gasteiger partial charge in [0.15, 0.2) is 0 Å². The van der Waals surface area contributed by atoms with E-state index in [0.717, 1.165) is 24.5 Å². The Morgan fingerprint density at radius 1 is 1.11 bits per heavy atom. The minimum atomic E-state index is 0.526. The second kappa shape index (κ2) is 6.41. The minimum absolute atomic E-state index is 0.526. The third-order valence-corrected chi connectivity index (χ3v) is 3.19. The van der Waals surface area contributed by atoms with Crippen LogP contribution >= 0.6 is 11.6 Å². The zero-order valence-electron chi connectivity index (χ0n) is 10.5. The van der Waals surface area contributed by atoms with Crippen LogP contribution < -0.4 is 4.90 Å². The van der Waals surface area contributed by atoms with Crippen molar-refractivity contribution in [3.63, 3.8) is 0 Å². The molecule has 0 aliphatic heterocycles. The second-order valence-corrected chi connectivity index (χ2v) is 4.42. The molecular formula is C15H17ClN2. The number of hydrogen-bond donors (Lipinski definition) is 0. The number of halogens is 1. The summed E-state index contributed by atoms with van der Waals surface area (Å²) in [5, 5.41) is 0. The van der Waals surface area contributed by atoms with Gasteiger partial charge in [-0.1, -0.05) is 30.3 Å². The lowest BCUT2D eigenvalue weighted by molar-refractivity contribution is 0.812. The first-order valence-electron chi connectivity index (χ1n) is 6.13. The van der Waals surface area contributed by atoms with Crippen LogP contribution in [0.5, 0.6) is 0 Å². The maximum Gasteiger partial charge on any atom is 0.129 e. The summed E-state index contributed by atoms with van der Waals surface area (Å²) in [6, 6.07) is 14.4. The number of hydrogen-bond acceptors (Lipinski definition) is 2. The first-order chi connectivity index (χ1) is 8.83. The van der Waals surface area contributed by atoms with Crippen molar-refractivity contribution < 1.29 is 0 Å². The number of aromatic nitrogens is 1. The summed E-state index contributed by atoms with van der Waals surface area (Å²) in [4.78, 5) is 6.66. The molecule has 2 nitrogen and oxygen atoms in total. The quantitative estimate of drug-likeness (QED) is 0.760. The van der Waals surface area contributed by atoms with Crippen LogP contribution in [0.4, 0.5) is 5.82 Å². The van der Waals surface area contributed by atoms with Crippen molar-refractivity contribution in [1.82, 2.24) is 4.98 Å². The first-order valence-corrected chi connectivity index (χ1v) is 6.66. The Labute approximate surface area is 113 Å². The van der Waals surface area contributed by atoms with E-state index in [9.17, 15) is 0 Å². The van der Waals surface area contributed by atoms with Crippen molar-refractivity contribution in [2.24, 2.45) is 0 Å². The van der Waals surface area contributed by atoms with Gasteiger partial charge in [0, 0.05) is 25.2 Å². The maximum absolute atomic E-state index is 5.86. The van der Waals surface area contributed by atoms with Crippen LogP contribution in [0.1, 0.15) is 18.1 Å². The van der Waals surface area contributed by atoms with Gasteiger partial charge in [-0.3, -0.25) is 0 Å². The van der Waals surface area contributed by atoms with Crippen molar-refractivity contribution in [3.8, 4) is 0 Å². The van der Waals surface area contributed by atoms with Crippen LogP contribution in [-0.2, 0) is 12.4 Å². The van der Waals surface area contributed by atoms with Gasteiger partial charge in [0.2, 0.25) is 0 Å². The molecule has 0 spiro atoms. The lowest BCUT2D eigenvalue weighted by atomic mass is 10.2. The molecule has 3 heteroatoms. The van der Waals surface area contributed by atoms with E-state index in [1.54, 1.807) is 0 Å². The van der Waals surface area contributed by atoms with Gasteiger partial charge in [0.25, 0.3) is 0 Å². The molecule has 0 aliphatic rings. The fraction of sp³-hybridized carbons (Fsp3) is 0.267. The van der Waals surface area contributed by atoms with Crippen molar-refractivity contribution >= 4 is 17.4 Å². The van der Waals surface area contributed by atoms with Crippen molar-refractivity contribution in [3.05, 3.63) is 59.8 Å². The molecule has 0 saturated carbocycles. The fourth-order valence-corrected chi connectivity index (χ4v) is 2.04.